The number of rotatable bonds is 0. The lowest BCUT2D eigenvalue weighted by atomic mass is 10.2. The minimum absolute atomic E-state index is 0.632. The summed E-state index contributed by atoms with van der Waals surface area (Å²) in [4.78, 5) is 0. The minimum Gasteiger partial charge on any atom is -0.490 e. The molecular formula is C9H9O2. The summed E-state index contributed by atoms with van der Waals surface area (Å²) in [6.45, 7) is 1.95. The summed E-state index contributed by atoms with van der Waals surface area (Å²) in [6.07, 6.45) is 0. The second-order valence-electron chi connectivity index (χ2n) is 2.43. The normalized spacial score (nSPS) is 16.4. The molecule has 2 rings (SSSR count). The number of benzene rings is 1. The van der Waals surface area contributed by atoms with E-state index in [9.17, 15) is 0 Å². The molecule has 0 saturated heterocycles. The maximum Gasteiger partial charge on any atom is 0.132 e. The van der Waals surface area contributed by atoms with Crippen molar-refractivity contribution in [2.45, 2.75) is 6.61 Å². The van der Waals surface area contributed by atoms with Crippen LogP contribution in [0.3, 0.4) is 0 Å². The van der Waals surface area contributed by atoms with Gasteiger partial charge in [0, 0.05) is 11.6 Å². The maximum atomic E-state index is 5.37. The van der Waals surface area contributed by atoms with Crippen LogP contribution in [0.25, 0.3) is 0 Å². The Morgan fingerprint density at radius 2 is 2.36 bits per heavy atom. The van der Waals surface area contributed by atoms with Crippen molar-refractivity contribution in [2.75, 3.05) is 13.2 Å². The smallest absolute Gasteiger partial charge is 0.132 e. The van der Waals surface area contributed by atoms with Gasteiger partial charge >= 0.3 is 0 Å². The van der Waals surface area contributed by atoms with E-state index >= 15 is 0 Å². The third kappa shape index (κ3) is 1.35. The summed E-state index contributed by atoms with van der Waals surface area (Å²) >= 11 is 0. The lowest BCUT2D eigenvalue weighted by molar-refractivity contribution is 0.107. The first-order chi connectivity index (χ1) is 5.47. The van der Waals surface area contributed by atoms with Crippen molar-refractivity contribution >= 4 is 0 Å². The van der Waals surface area contributed by atoms with Crippen LogP contribution in [-0.4, -0.2) is 13.2 Å². The predicted octanol–water partition coefficient (Wildman–Crippen LogP) is 1.40. The SMILES string of the molecule is [c]1cccc2c1OCCOC2. The zero-order chi connectivity index (χ0) is 7.52. The average Bonchev–Trinajstić information content (AvgIpc) is 2.28. The van der Waals surface area contributed by atoms with Crippen molar-refractivity contribution in [1.82, 2.24) is 0 Å². The van der Waals surface area contributed by atoms with Gasteiger partial charge in [0.25, 0.3) is 0 Å². The summed E-state index contributed by atoms with van der Waals surface area (Å²) in [5.41, 5.74) is 1.09. The molecule has 0 bridgehead atoms. The molecule has 0 aromatic heterocycles. The first-order valence-electron chi connectivity index (χ1n) is 3.67. The topological polar surface area (TPSA) is 18.5 Å². The van der Waals surface area contributed by atoms with Gasteiger partial charge in [0.1, 0.15) is 12.4 Å². The molecule has 1 aromatic carbocycles. The number of fused-ring (bicyclic) bond motifs is 1. The van der Waals surface area contributed by atoms with Crippen LogP contribution < -0.4 is 4.74 Å². The van der Waals surface area contributed by atoms with E-state index in [4.69, 9.17) is 9.47 Å². The van der Waals surface area contributed by atoms with Gasteiger partial charge in [-0.2, -0.15) is 0 Å². The molecule has 0 N–H and O–H groups in total. The van der Waals surface area contributed by atoms with E-state index in [1.54, 1.807) is 0 Å². The van der Waals surface area contributed by atoms with Crippen molar-refractivity contribution in [3.8, 4) is 5.75 Å². The molecule has 57 valence electrons. The fraction of sp³-hybridized carbons (Fsp3) is 0.333. The summed E-state index contributed by atoms with van der Waals surface area (Å²) in [6, 6.07) is 8.82. The van der Waals surface area contributed by atoms with E-state index in [-0.39, 0.29) is 0 Å². The quantitative estimate of drug-likeness (QED) is 0.555. The van der Waals surface area contributed by atoms with Gasteiger partial charge in [-0.3, -0.25) is 0 Å². The third-order valence-electron chi connectivity index (χ3n) is 1.63. The molecular weight excluding hydrogens is 140 g/mol. The molecule has 0 unspecified atom stereocenters. The van der Waals surface area contributed by atoms with Crippen molar-refractivity contribution in [2.24, 2.45) is 0 Å². The average molecular weight is 149 g/mol. The molecule has 0 amide bonds. The Bertz CT molecular complexity index is 220. The number of hydrogen-bond donors (Lipinski definition) is 0. The molecule has 0 fully saturated rings. The number of hydrogen-bond acceptors (Lipinski definition) is 2. The summed E-state index contributed by atoms with van der Waals surface area (Å²) in [7, 11) is 0. The Kier molecular flexibility index (Phi) is 1.78. The van der Waals surface area contributed by atoms with Crippen LogP contribution in [0.2, 0.25) is 0 Å². The van der Waals surface area contributed by atoms with E-state index < -0.39 is 0 Å². The van der Waals surface area contributed by atoms with E-state index in [2.05, 4.69) is 6.07 Å². The Morgan fingerprint density at radius 1 is 1.36 bits per heavy atom. The second-order valence-corrected chi connectivity index (χ2v) is 2.43. The van der Waals surface area contributed by atoms with Crippen LogP contribution in [0.4, 0.5) is 0 Å². The van der Waals surface area contributed by atoms with Crippen molar-refractivity contribution in [3.05, 3.63) is 29.8 Å². The van der Waals surface area contributed by atoms with Gasteiger partial charge in [0.2, 0.25) is 0 Å². The number of para-hydroxylation sites is 1. The van der Waals surface area contributed by atoms with E-state index in [0.29, 0.717) is 19.8 Å². The maximum absolute atomic E-state index is 5.37. The molecule has 0 saturated carbocycles. The highest BCUT2D eigenvalue weighted by Crippen LogP contribution is 2.19. The molecule has 2 heteroatoms. The van der Waals surface area contributed by atoms with Crippen LogP contribution in [0.5, 0.6) is 5.75 Å². The zero-order valence-corrected chi connectivity index (χ0v) is 6.17. The summed E-state index contributed by atoms with van der Waals surface area (Å²) in [5.74, 6) is 0.838. The molecule has 2 nitrogen and oxygen atoms in total. The molecule has 1 heterocycles. The van der Waals surface area contributed by atoms with Crippen LogP contribution >= 0.6 is 0 Å². The van der Waals surface area contributed by atoms with Crippen LogP contribution in [0, 0.1) is 6.07 Å². The molecule has 0 spiro atoms. The molecule has 0 atom stereocenters. The number of ether oxygens (including phenoxy) is 2. The highest BCUT2D eigenvalue weighted by molar-refractivity contribution is 5.31. The summed E-state index contributed by atoms with van der Waals surface area (Å²) in [5, 5.41) is 0. The van der Waals surface area contributed by atoms with Gasteiger partial charge < -0.3 is 9.47 Å². The lowest BCUT2D eigenvalue weighted by Gasteiger charge is -2.02. The molecule has 0 aliphatic carbocycles. The molecule has 1 aromatic rings. The standard InChI is InChI=1S/C9H9O2/c1-2-4-9-8(3-1)7-10-5-6-11-9/h1-3H,5-7H2. The van der Waals surface area contributed by atoms with Gasteiger partial charge in [-0.25, -0.2) is 0 Å². The Labute approximate surface area is 65.7 Å². The van der Waals surface area contributed by atoms with Crippen molar-refractivity contribution in [1.29, 1.82) is 0 Å². The Hall–Kier alpha value is -1.02. The first-order valence-corrected chi connectivity index (χ1v) is 3.67. The molecule has 1 aliphatic heterocycles. The first kappa shape index (κ1) is 6.68. The highest BCUT2D eigenvalue weighted by Gasteiger charge is 2.06. The lowest BCUT2D eigenvalue weighted by Crippen LogP contribution is -2.00. The monoisotopic (exact) mass is 149 g/mol. The Morgan fingerprint density at radius 3 is 3.36 bits per heavy atom. The van der Waals surface area contributed by atoms with E-state index in [1.165, 1.54) is 0 Å². The molecule has 1 aliphatic rings. The van der Waals surface area contributed by atoms with Gasteiger partial charge in [-0.05, 0) is 0 Å². The third-order valence-corrected chi connectivity index (χ3v) is 1.63. The fourth-order valence-electron chi connectivity index (χ4n) is 1.09. The van der Waals surface area contributed by atoms with Crippen molar-refractivity contribution < 1.29 is 9.47 Å². The van der Waals surface area contributed by atoms with Crippen LogP contribution in [0.15, 0.2) is 18.2 Å². The van der Waals surface area contributed by atoms with Crippen molar-refractivity contribution in [3.63, 3.8) is 0 Å². The predicted molar refractivity (Wildman–Crippen MR) is 40.4 cm³/mol. The van der Waals surface area contributed by atoms with Gasteiger partial charge in [0.05, 0.1) is 13.2 Å². The minimum atomic E-state index is 0.632. The Balaban J connectivity index is 2.33. The fourth-order valence-corrected chi connectivity index (χ4v) is 1.09. The van der Waals surface area contributed by atoms with E-state index in [0.717, 1.165) is 11.3 Å². The van der Waals surface area contributed by atoms with Crippen LogP contribution in [-0.2, 0) is 11.3 Å². The molecule has 11 heavy (non-hydrogen) atoms. The highest BCUT2D eigenvalue weighted by atomic mass is 16.5. The van der Waals surface area contributed by atoms with E-state index in [1.807, 2.05) is 18.2 Å². The summed E-state index contributed by atoms with van der Waals surface area (Å²) < 4.78 is 10.6. The van der Waals surface area contributed by atoms with Gasteiger partial charge in [-0.1, -0.05) is 18.2 Å². The van der Waals surface area contributed by atoms with Crippen LogP contribution in [0.1, 0.15) is 5.56 Å². The largest absolute Gasteiger partial charge is 0.490 e. The van der Waals surface area contributed by atoms with Gasteiger partial charge in [-0.15, -0.1) is 0 Å². The van der Waals surface area contributed by atoms with Gasteiger partial charge in [0.15, 0.2) is 0 Å². The molecule has 1 radical (unpaired) electrons. The second kappa shape index (κ2) is 2.93. The zero-order valence-electron chi connectivity index (χ0n) is 6.17.